The average molecular weight is 80.1 g/mol. The Hall–Kier alpha value is 0.870. The molecule has 0 spiro atoms. The van der Waals surface area contributed by atoms with Crippen LogP contribution in [0.25, 0.3) is 0 Å². The molecule has 0 saturated carbocycles. The Kier molecular flexibility index (Phi) is 20.2. The number of hydrogen-bond acceptors (Lipinski definition) is 0. The van der Waals surface area contributed by atoms with Crippen LogP contribution in [0.15, 0.2) is 6.08 Å². The van der Waals surface area contributed by atoms with E-state index in [2.05, 4.69) is 13.5 Å². The zero-order chi connectivity index (χ0) is 2.71. The van der Waals surface area contributed by atoms with E-state index in [1.165, 1.54) is 6.08 Å². The van der Waals surface area contributed by atoms with E-state index in [9.17, 15) is 0 Å². The first-order chi connectivity index (χ1) is 1.41. The molecular weight excluding hydrogens is 76.1 g/mol. The summed E-state index contributed by atoms with van der Waals surface area (Å²) in [5.41, 5.74) is 0. The first kappa shape index (κ1) is 8.85. The molecule has 0 aliphatic rings. The van der Waals surface area contributed by atoms with E-state index in [4.69, 9.17) is 0 Å². The molecule has 0 nitrogen and oxygen atoms in total. The van der Waals surface area contributed by atoms with Crippen LogP contribution < -0.4 is 0 Å². The van der Waals surface area contributed by atoms with E-state index in [0.717, 1.165) is 0 Å². The van der Waals surface area contributed by atoms with Gasteiger partial charge in [0.05, 0.1) is 0 Å². The number of rotatable bonds is 0. The monoisotopic (exact) mass is 80.0 g/mol. The Labute approximate surface area is 56.9 Å². The summed E-state index contributed by atoms with van der Waals surface area (Å²) in [7, 11) is 0. The molecule has 0 N–H and O–H groups in total. The van der Waals surface area contributed by atoms with Crippen LogP contribution in [-0.2, 0) is 0 Å². The smallest absolute Gasteiger partial charge is 0.549 e. The Morgan fingerprint density at radius 1 is 1.75 bits per heavy atom. The minimum Gasteiger partial charge on any atom is -0.549 e. The molecule has 4 heavy (non-hydrogen) atoms. The summed E-state index contributed by atoms with van der Waals surface area (Å²) in [6.07, 6.45) is 1.25. The van der Waals surface area contributed by atoms with Crippen molar-refractivity contribution in [2.24, 2.45) is 0 Å². The molecule has 0 heterocycles. The Morgan fingerprint density at radius 2 is 1.75 bits per heavy atom. The molecule has 0 aliphatic carbocycles. The van der Waals surface area contributed by atoms with Crippen LogP contribution in [0, 0.1) is 13.5 Å². The minimum absolute atomic E-state index is 0. The summed E-state index contributed by atoms with van der Waals surface area (Å²) in [6.45, 7) is 7.75. The number of hydrogen-bond donors (Lipinski definition) is 0. The molecule has 0 aromatic carbocycles. The number of allylic oxidation sites excluding steroid dienone is 1. The van der Waals surface area contributed by atoms with Gasteiger partial charge in [0.15, 0.2) is 0 Å². The van der Waals surface area contributed by atoms with Gasteiger partial charge in [-0.25, -0.2) is 0 Å². The molecule has 1 heteroatoms. The second kappa shape index (κ2) is 9.12. The van der Waals surface area contributed by atoms with Gasteiger partial charge in [-0.1, -0.05) is 0 Å². The molecule has 0 unspecified atom stereocenters. The second-order valence-corrected chi connectivity index (χ2v) is 0.236. The molecule has 0 aliphatic heterocycles. The van der Waals surface area contributed by atoms with E-state index in [0.29, 0.717) is 0 Å². The molecule has 0 aromatic heterocycles. The normalized spacial score (nSPS) is 3.00. The van der Waals surface area contributed by atoms with Gasteiger partial charge in [0.2, 0.25) is 0 Å². The first-order valence-corrected chi connectivity index (χ1v) is 0.742. The Balaban J connectivity index is 0. The molecule has 0 amide bonds. The zero-order valence-electron chi connectivity index (χ0n) is 2.57. The van der Waals surface area contributed by atoms with E-state index < -0.39 is 0 Å². The fraction of sp³-hybridized carbons (Fsp3) is 0. The van der Waals surface area contributed by atoms with Crippen LogP contribution in [0.4, 0.5) is 0 Å². The van der Waals surface area contributed by atoms with E-state index in [1.807, 2.05) is 0 Å². The minimum atomic E-state index is 0. The third-order valence-electron chi connectivity index (χ3n) is 0. The van der Waals surface area contributed by atoms with Gasteiger partial charge >= 0.3 is 37.7 Å². The molecule has 0 atom stereocenters. The molecule has 0 aromatic rings. The molecule has 0 fully saturated rings. The Morgan fingerprint density at radius 3 is 1.75 bits per heavy atom. The van der Waals surface area contributed by atoms with Crippen molar-refractivity contribution in [1.29, 1.82) is 0 Å². The maximum Gasteiger partial charge on any atom is 2.00 e. The van der Waals surface area contributed by atoms with Gasteiger partial charge in [-0.2, -0.15) is 0 Å². The van der Waals surface area contributed by atoms with Crippen molar-refractivity contribution in [3.63, 3.8) is 0 Å². The van der Waals surface area contributed by atoms with Crippen molar-refractivity contribution < 1.29 is 0 Å². The van der Waals surface area contributed by atoms with Gasteiger partial charge in [-0.05, 0) is 0 Å². The summed E-state index contributed by atoms with van der Waals surface area (Å²) in [5.74, 6) is 0. The van der Waals surface area contributed by atoms with Gasteiger partial charge in [0.25, 0.3) is 0 Å². The fourth-order valence-corrected chi connectivity index (χ4v) is 0. The quantitative estimate of drug-likeness (QED) is 0.292. The topological polar surface area (TPSA) is 0 Å². The van der Waals surface area contributed by atoms with Gasteiger partial charge in [0, 0.05) is 0 Å². The third-order valence-corrected chi connectivity index (χ3v) is 0. The van der Waals surface area contributed by atoms with Gasteiger partial charge < -0.3 is 19.6 Å². The standard InChI is InChI=1S/C3H4.Ca/c1-3-2;/h1,3H,2H2;/q-2;+2. The summed E-state index contributed by atoms with van der Waals surface area (Å²) >= 11 is 0. The summed E-state index contributed by atoms with van der Waals surface area (Å²) < 4.78 is 0. The van der Waals surface area contributed by atoms with Crippen molar-refractivity contribution in [1.82, 2.24) is 0 Å². The maximum atomic E-state index is 4.61. The summed E-state index contributed by atoms with van der Waals surface area (Å²) in [6, 6.07) is 0. The zero-order valence-corrected chi connectivity index (χ0v) is 4.78. The largest absolute Gasteiger partial charge is 2.00 e. The third kappa shape index (κ3) is 13.3. The van der Waals surface area contributed by atoms with Crippen molar-refractivity contribution in [3.8, 4) is 0 Å². The van der Waals surface area contributed by atoms with Gasteiger partial charge in [0.1, 0.15) is 0 Å². The van der Waals surface area contributed by atoms with E-state index in [1.54, 1.807) is 0 Å². The summed E-state index contributed by atoms with van der Waals surface area (Å²) in [5, 5.41) is 0. The average Bonchev–Trinajstić information content (AvgIpc) is 0.918. The van der Waals surface area contributed by atoms with Crippen LogP contribution >= 0.6 is 0 Å². The van der Waals surface area contributed by atoms with Crippen molar-refractivity contribution in [3.05, 3.63) is 19.6 Å². The fourth-order valence-electron chi connectivity index (χ4n) is 0. The second-order valence-electron chi connectivity index (χ2n) is 0.236. The molecule has 0 rings (SSSR count). The van der Waals surface area contributed by atoms with Crippen molar-refractivity contribution in [2.45, 2.75) is 0 Å². The van der Waals surface area contributed by atoms with Crippen LogP contribution in [0.2, 0.25) is 0 Å². The first-order valence-electron chi connectivity index (χ1n) is 0.742. The van der Waals surface area contributed by atoms with Gasteiger partial charge in [-0.3, -0.25) is 0 Å². The van der Waals surface area contributed by atoms with Crippen LogP contribution in [0.1, 0.15) is 0 Å². The SMILES string of the molecule is [CH-]=C[CH2-].[Ca+2]. The van der Waals surface area contributed by atoms with E-state index in [-0.39, 0.29) is 37.7 Å². The maximum absolute atomic E-state index is 4.61. The molecule has 0 radical (unpaired) electrons. The predicted octanol–water partition coefficient (Wildman–Crippen LogP) is 0.429. The van der Waals surface area contributed by atoms with Crippen molar-refractivity contribution in [2.75, 3.05) is 0 Å². The molecular formula is C3H4Ca. The molecule has 0 saturated heterocycles. The molecule has 18 valence electrons. The van der Waals surface area contributed by atoms with Gasteiger partial charge in [-0.15, -0.1) is 0 Å². The Bertz CT molecular complexity index is 10.8. The van der Waals surface area contributed by atoms with Crippen molar-refractivity contribution >= 4 is 37.7 Å². The predicted molar refractivity (Wildman–Crippen MR) is 20.0 cm³/mol. The van der Waals surface area contributed by atoms with Crippen LogP contribution in [0.5, 0.6) is 0 Å². The van der Waals surface area contributed by atoms with Crippen LogP contribution in [0.3, 0.4) is 0 Å². The summed E-state index contributed by atoms with van der Waals surface area (Å²) in [4.78, 5) is 0. The van der Waals surface area contributed by atoms with E-state index >= 15 is 0 Å². The van der Waals surface area contributed by atoms with Crippen LogP contribution in [-0.4, -0.2) is 37.7 Å². The molecule has 0 bridgehead atoms.